The molecule has 0 saturated carbocycles. The Morgan fingerprint density at radius 1 is 1.00 bits per heavy atom. The highest BCUT2D eigenvalue weighted by Crippen LogP contribution is 2.22. The van der Waals surface area contributed by atoms with Crippen LogP contribution in [0.25, 0.3) is 0 Å². The van der Waals surface area contributed by atoms with Gasteiger partial charge in [0.15, 0.2) is 0 Å². The molecule has 0 aliphatic heterocycles. The van der Waals surface area contributed by atoms with E-state index in [-0.39, 0.29) is 6.42 Å². The molecule has 0 aliphatic rings. The van der Waals surface area contributed by atoms with E-state index in [1.807, 2.05) is 0 Å². The first-order valence-corrected chi connectivity index (χ1v) is 9.09. The second kappa shape index (κ2) is 9.73. The molecule has 2 aromatic carbocycles. The van der Waals surface area contributed by atoms with Crippen LogP contribution in [0, 0.1) is 0 Å². The predicted octanol–water partition coefficient (Wildman–Crippen LogP) is 3.90. The monoisotopic (exact) mass is 399 g/mol. The van der Waals surface area contributed by atoms with Gasteiger partial charge in [-0.3, -0.25) is 4.79 Å². The van der Waals surface area contributed by atoms with E-state index >= 15 is 0 Å². The molecule has 29 heavy (non-hydrogen) atoms. The molecule has 0 heterocycles. The summed E-state index contributed by atoms with van der Waals surface area (Å²) < 4.78 is 15.7. The summed E-state index contributed by atoms with van der Waals surface area (Å²) in [5, 5.41) is 2.54. The topological polar surface area (TPSA) is 90.9 Å². The lowest BCUT2D eigenvalue weighted by atomic mass is 10.1. The van der Waals surface area contributed by atoms with Gasteiger partial charge in [0.2, 0.25) is 0 Å². The maximum absolute atomic E-state index is 12.0. The van der Waals surface area contributed by atoms with Crippen molar-refractivity contribution in [1.82, 2.24) is 5.32 Å². The molecule has 154 valence electrons. The molecule has 0 aromatic heterocycles. The number of ether oxygens (including phenoxy) is 3. The standard InChI is InChI=1S/C22H25NO6/c1-22(2,3)29-21(26)23-19(20(25)27-4)13-15-5-9-17(10-6-15)28-18-11-7-16(14-24)8-12-18/h5-12,14,19H,13H2,1-4H3,(H,23,26)/t19-/m0/s1. The largest absolute Gasteiger partial charge is 0.467 e. The molecule has 2 aromatic rings. The van der Waals surface area contributed by atoms with Crippen LogP contribution in [0.2, 0.25) is 0 Å². The number of amides is 1. The zero-order valence-corrected chi connectivity index (χ0v) is 16.9. The molecule has 0 saturated heterocycles. The van der Waals surface area contributed by atoms with Gasteiger partial charge in [-0.15, -0.1) is 0 Å². The first kappa shape index (κ1) is 21.9. The summed E-state index contributed by atoms with van der Waals surface area (Å²) in [7, 11) is 1.26. The van der Waals surface area contributed by atoms with Crippen LogP contribution in [-0.4, -0.2) is 37.1 Å². The summed E-state index contributed by atoms with van der Waals surface area (Å²) in [5.41, 5.74) is 0.701. The van der Waals surface area contributed by atoms with Gasteiger partial charge in [0.05, 0.1) is 7.11 Å². The molecular weight excluding hydrogens is 374 g/mol. The zero-order valence-electron chi connectivity index (χ0n) is 16.9. The lowest BCUT2D eigenvalue weighted by Gasteiger charge is -2.22. The second-order valence-electron chi connectivity index (χ2n) is 7.36. The molecule has 0 spiro atoms. The van der Waals surface area contributed by atoms with Crippen molar-refractivity contribution in [3.63, 3.8) is 0 Å². The summed E-state index contributed by atoms with van der Waals surface area (Å²) in [6.45, 7) is 5.22. The number of methoxy groups -OCH3 is 1. The number of carbonyl (C=O) groups is 3. The smallest absolute Gasteiger partial charge is 0.408 e. The highest BCUT2D eigenvalue weighted by molar-refractivity contribution is 5.81. The first-order valence-electron chi connectivity index (χ1n) is 9.09. The van der Waals surface area contributed by atoms with E-state index in [4.69, 9.17) is 14.2 Å². The van der Waals surface area contributed by atoms with Crippen molar-refractivity contribution in [3.05, 3.63) is 59.7 Å². The summed E-state index contributed by atoms with van der Waals surface area (Å²) in [6, 6.07) is 13.0. The molecule has 1 amide bonds. The van der Waals surface area contributed by atoms with E-state index in [0.717, 1.165) is 11.8 Å². The zero-order chi connectivity index (χ0) is 21.4. The van der Waals surface area contributed by atoms with Gasteiger partial charge in [0, 0.05) is 12.0 Å². The van der Waals surface area contributed by atoms with Gasteiger partial charge in [0.25, 0.3) is 0 Å². The van der Waals surface area contributed by atoms with Crippen molar-refractivity contribution >= 4 is 18.3 Å². The minimum atomic E-state index is -0.877. The van der Waals surface area contributed by atoms with Crippen LogP contribution >= 0.6 is 0 Å². The van der Waals surface area contributed by atoms with Gasteiger partial charge < -0.3 is 19.5 Å². The van der Waals surface area contributed by atoms with E-state index in [1.54, 1.807) is 69.3 Å². The summed E-state index contributed by atoms with van der Waals surface area (Å²) >= 11 is 0. The van der Waals surface area contributed by atoms with Crippen molar-refractivity contribution < 1.29 is 28.6 Å². The van der Waals surface area contributed by atoms with E-state index in [9.17, 15) is 14.4 Å². The lowest BCUT2D eigenvalue weighted by molar-refractivity contribution is -0.143. The third-order valence-electron chi connectivity index (χ3n) is 3.79. The molecule has 1 N–H and O–H groups in total. The van der Waals surface area contributed by atoms with E-state index < -0.39 is 23.7 Å². The fourth-order valence-corrected chi connectivity index (χ4v) is 2.47. The number of carbonyl (C=O) groups excluding carboxylic acids is 3. The van der Waals surface area contributed by atoms with Crippen LogP contribution in [0.15, 0.2) is 48.5 Å². The number of aldehydes is 1. The lowest BCUT2D eigenvalue weighted by Crippen LogP contribution is -2.45. The van der Waals surface area contributed by atoms with Crippen molar-refractivity contribution in [3.8, 4) is 11.5 Å². The SMILES string of the molecule is COC(=O)[C@H](Cc1ccc(Oc2ccc(C=O)cc2)cc1)NC(=O)OC(C)(C)C. The number of benzene rings is 2. The fraction of sp³-hybridized carbons (Fsp3) is 0.318. The molecule has 2 rings (SSSR count). The Balaban J connectivity index is 2.02. The highest BCUT2D eigenvalue weighted by atomic mass is 16.6. The van der Waals surface area contributed by atoms with E-state index in [2.05, 4.69) is 5.32 Å². The Labute approximate surface area is 170 Å². The summed E-state index contributed by atoms with van der Waals surface area (Å²) in [6.07, 6.45) is 0.314. The van der Waals surface area contributed by atoms with Crippen LogP contribution in [0.5, 0.6) is 11.5 Å². The molecular formula is C22H25NO6. The first-order chi connectivity index (χ1) is 13.7. The van der Waals surface area contributed by atoms with E-state index in [0.29, 0.717) is 17.1 Å². The number of hydrogen-bond acceptors (Lipinski definition) is 6. The van der Waals surface area contributed by atoms with Crippen LogP contribution in [0.3, 0.4) is 0 Å². The Hall–Kier alpha value is -3.35. The molecule has 0 fully saturated rings. The number of rotatable bonds is 7. The number of alkyl carbamates (subject to hydrolysis) is 1. The average molecular weight is 399 g/mol. The minimum absolute atomic E-state index is 0.236. The normalized spacial score (nSPS) is 11.9. The van der Waals surface area contributed by atoms with Crippen molar-refractivity contribution in [1.29, 1.82) is 0 Å². The maximum atomic E-state index is 12.0. The molecule has 7 heteroatoms. The highest BCUT2D eigenvalue weighted by Gasteiger charge is 2.25. The fourth-order valence-electron chi connectivity index (χ4n) is 2.47. The van der Waals surface area contributed by atoms with Gasteiger partial charge in [-0.2, -0.15) is 0 Å². The van der Waals surface area contributed by atoms with Crippen LogP contribution in [0.4, 0.5) is 4.79 Å². The Morgan fingerprint density at radius 2 is 1.55 bits per heavy atom. The summed E-state index contributed by atoms with van der Waals surface area (Å²) in [4.78, 5) is 34.7. The van der Waals surface area contributed by atoms with Gasteiger partial charge in [-0.05, 0) is 62.7 Å². The third-order valence-corrected chi connectivity index (χ3v) is 3.79. The van der Waals surface area contributed by atoms with Gasteiger partial charge in [-0.25, -0.2) is 9.59 Å². The molecule has 0 unspecified atom stereocenters. The van der Waals surface area contributed by atoms with Crippen molar-refractivity contribution in [2.24, 2.45) is 0 Å². The second-order valence-corrected chi connectivity index (χ2v) is 7.36. The van der Waals surface area contributed by atoms with Crippen molar-refractivity contribution in [2.75, 3.05) is 7.11 Å². The number of esters is 1. The van der Waals surface area contributed by atoms with Gasteiger partial charge >= 0.3 is 12.1 Å². The van der Waals surface area contributed by atoms with Gasteiger partial charge in [0.1, 0.15) is 29.4 Å². The number of nitrogens with one attached hydrogen (secondary N) is 1. The van der Waals surface area contributed by atoms with E-state index in [1.165, 1.54) is 7.11 Å². The third kappa shape index (κ3) is 7.29. The Morgan fingerprint density at radius 3 is 2.03 bits per heavy atom. The van der Waals surface area contributed by atoms with Crippen LogP contribution in [-0.2, 0) is 20.7 Å². The average Bonchev–Trinajstić information content (AvgIpc) is 2.67. The minimum Gasteiger partial charge on any atom is -0.467 e. The quantitative estimate of drug-likeness (QED) is 0.561. The molecule has 0 aliphatic carbocycles. The van der Waals surface area contributed by atoms with Crippen LogP contribution in [0.1, 0.15) is 36.7 Å². The molecule has 1 atom stereocenters. The van der Waals surface area contributed by atoms with Gasteiger partial charge in [-0.1, -0.05) is 12.1 Å². The molecule has 0 radical (unpaired) electrons. The van der Waals surface area contributed by atoms with Crippen molar-refractivity contribution in [2.45, 2.75) is 38.8 Å². The number of hydrogen-bond donors (Lipinski definition) is 1. The Kier molecular flexibility index (Phi) is 7.36. The predicted molar refractivity (Wildman–Crippen MR) is 107 cm³/mol. The molecule has 0 bridgehead atoms. The van der Waals surface area contributed by atoms with Crippen LogP contribution < -0.4 is 10.1 Å². The molecule has 7 nitrogen and oxygen atoms in total. The Bertz CT molecular complexity index is 837. The maximum Gasteiger partial charge on any atom is 0.408 e. The summed E-state index contributed by atoms with van der Waals surface area (Å²) in [5.74, 6) is 0.635.